The van der Waals surface area contributed by atoms with E-state index in [0.29, 0.717) is 6.42 Å². The summed E-state index contributed by atoms with van der Waals surface area (Å²) in [4.78, 5) is 11.8. The number of hydrogen-bond acceptors (Lipinski definition) is 4. The molecule has 2 heterocycles. The normalized spacial score (nSPS) is 36.4. The molecule has 0 aromatic heterocycles. The largest absolute Gasteiger partial charge is 0.459 e. The van der Waals surface area contributed by atoms with Crippen molar-refractivity contribution in [2.75, 3.05) is 0 Å². The molecule has 1 fully saturated rings. The third-order valence-corrected chi connectivity index (χ3v) is 3.46. The van der Waals surface area contributed by atoms with E-state index >= 15 is 0 Å². The molecule has 0 N–H and O–H groups in total. The lowest BCUT2D eigenvalue weighted by molar-refractivity contribution is -0.171. The highest BCUT2D eigenvalue weighted by Crippen LogP contribution is 2.33. The Morgan fingerprint density at radius 3 is 2.89 bits per heavy atom. The van der Waals surface area contributed by atoms with Gasteiger partial charge in [-0.05, 0) is 33.1 Å². The van der Waals surface area contributed by atoms with Gasteiger partial charge in [0.15, 0.2) is 5.79 Å². The first-order valence-electron chi connectivity index (χ1n) is 7.23. The van der Waals surface area contributed by atoms with Crippen LogP contribution >= 0.6 is 0 Å². The SMILES string of the molecule is CCCC1OC(=O)CCC/C=C\[C@@H]2OC(C)(C)O[C@H]12. The minimum atomic E-state index is -0.619. The molecule has 2 rings (SSSR count). The Hall–Kier alpha value is -0.870. The van der Waals surface area contributed by atoms with E-state index in [1.54, 1.807) is 0 Å². The zero-order valence-electron chi connectivity index (χ0n) is 12.1. The molecule has 19 heavy (non-hydrogen) atoms. The summed E-state index contributed by atoms with van der Waals surface area (Å²) in [5, 5.41) is 0. The number of allylic oxidation sites excluding steroid dienone is 1. The molecular formula is C15H24O4. The maximum absolute atomic E-state index is 11.8. The summed E-state index contributed by atoms with van der Waals surface area (Å²) in [7, 11) is 0. The number of ether oxygens (including phenoxy) is 3. The fraction of sp³-hybridized carbons (Fsp3) is 0.800. The van der Waals surface area contributed by atoms with Crippen LogP contribution in [0, 0.1) is 0 Å². The van der Waals surface area contributed by atoms with Crippen LogP contribution in [0.4, 0.5) is 0 Å². The molecule has 0 aromatic rings. The van der Waals surface area contributed by atoms with E-state index in [9.17, 15) is 4.79 Å². The molecule has 0 amide bonds. The van der Waals surface area contributed by atoms with Crippen LogP contribution in [0.15, 0.2) is 12.2 Å². The Labute approximate surface area is 115 Å². The predicted molar refractivity (Wildman–Crippen MR) is 71.6 cm³/mol. The van der Waals surface area contributed by atoms with Crippen molar-refractivity contribution in [3.8, 4) is 0 Å². The smallest absolute Gasteiger partial charge is 0.306 e. The zero-order chi connectivity index (χ0) is 13.9. The summed E-state index contributed by atoms with van der Waals surface area (Å²) in [5.41, 5.74) is 0. The van der Waals surface area contributed by atoms with Gasteiger partial charge in [0.2, 0.25) is 0 Å². The highest BCUT2D eigenvalue weighted by molar-refractivity contribution is 5.69. The summed E-state index contributed by atoms with van der Waals surface area (Å²) in [6.45, 7) is 5.88. The molecule has 0 bridgehead atoms. The van der Waals surface area contributed by atoms with E-state index in [1.165, 1.54) is 0 Å². The number of rotatable bonds is 2. The third-order valence-electron chi connectivity index (χ3n) is 3.46. The second-order valence-electron chi connectivity index (χ2n) is 5.70. The van der Waals surface area contributed by atoms with E-state index < -0.39 is 5.79 Å². The van der Waals surface area contributed by atoms with Crippen LogP contribution in [0.1, 0.15) is 52.9 Å². The molecule has 2 aliphatic rings. The van der Waals surface area contributed by atoms with Crippen molar-refractivity contribution in [1.82, 2.24) is 0 Å². The Balaban J connectivity index is 2.19. The van der Waals surface area contributed by atoms with Gasteiger partial charge in [0.25, 0.3) is 0 Å². The second-order valence-corrected chi connectivity index (χ2v) is 5.70. The van der Waals surface area contributed by atoms with Crippen molar-refractivity contribution in [2.45, 2.75) is 77.0 Å². The fourth-order valence-electron chi connectivity index (χ4n) is 2.65. The average Bonchev–Trinajstić information content (AvgIpc) is 2.63. The van der Waals surface area contributed by atoms with Gasteiger partial charge in [-0.15, -0.1) is 0 Å². The van der Waals surface area contributed by atoms with Crippen LogP contribution in [-0.4, -0.2) is 30.1 Å². The van der Waals surface area contributed by atoms with E-state index in [0.717, 1.165) is 25.7 Å². The molecule has 0 aliphatic carbocycles. The minimum Gasteiger partial charge on any atom is -0.459 e. The van der Waals surface area contributed by atoms with Gasteiger partial charge in [-0.3, -0.25) is 4.79 Å². The Morgan fingerprint density at radius 2 is 2.16 bits per heavy atom. The van der Waals surface area contributed by atoms with Crippen molar-refractivity contribution >= 4 is 5.97 Å². The monoisotopic (exact) mass is 268 g/mol. The zero-order valence-corrected chi connectivity index (χ0v) is 12.1. The molecule has 4 nitrogen and oxygen atoms in total. The van der Waals surface area contributed by atoms with Gasteiger partial charge in [0.05, 0.1) is 0 Å². The predicted octanol–water partition coefficient (Wildman–Crippen LogP) is 2.96. The summed E-state index contributed by atoms with van der Waals surface area (Å²) in [5.74, 6) is -0.743. The molecule has 108 valence electrons. The fourth-order valence-corrected chi connectivity index (χ4v) is 2.65. The van der Waals surface area contributed by atoms with Crippen molar-refractivity contribution < 1.29 is 19.0 Å². The van der Waals surface area contributed by atoms with E-state index in [2.05, 4.69) is 19.1 Å². The van der Waals surface area contributed by atoms with E-state index in [1.807, 2.05) is 13.8 Å². The lowest BCUT2D eigenvalue weighted by Crippen LogP contribution is -2.38. The Bertz CT molecular complexity index is 348. The van der Waals surface area contributed by atoms with Gasteiger partial charge < -0.3 is 14.2 Å². The van der Waals surface area contributed by atoms with E-state index in [-0.39, 0.29) is 24.3 Å². The van der Waals surface area contributed by atoms with Gasteiger partial charge >= 0.3 is 5.97 Å². The molecule has 1 saturated heterocycles. The van der Waals surface area contributed by atoms with Crippen molar-refractivity contribution in [3.63, 3.8) is 0 Å². The third kappa shape index (κ3) is 3.80. The average molecular weight is 268 g/mol. The molecule has 4 heteroatoms. The number of fused-ring (bicyclic) bond motifs is 1. The number of hydrogen-bond donors (Lipinski definition) is 0. The topological polar surface area (TPSA) is 44.8 Å². The number of carbonyl (C=O) groups is 1. The lowest BCUT2D eigenvalue weighted by Gasteiger charge is -2.26. The number of cyclic esters (lactones) is 1. The quantitative estimate of drug-likeness (QED) is 0.570. The number of esters is 1. The van der Waals surface area contributed by atoms with Gasteiger partial charge in [0.1, 0.15) is 18.3 Å². The first-order valence-corrected chi connectivity index (χ1v) is 7.23. The van der Waals surface area contributed by atoms with Crippen LogP contribution < -0.4 is 0 Å². The highest BCUT2D eigenvalue weighted by Gasteiger charge is 2.45. The van der Waals surface area contributed by atoms with Gasteiger partial charge in [-0.25, -0.2) is 0 Å². The van der Waals surface area contributed by atoms with E-state index in [4.69, 9.17) is 14.2 Å². The Morgan fingerprint density at radius 1 is 1.37 bits per heavy atom. The van der Waals surface area contributed by atoms with Crippen LogP contribution in [0.3, 0.4) is 0 Å². The van der Waals surface area contributed by atoms with Crippen LogP contribution in [0.5, 0.6) is 0 Å². The lowest BCUT2D eigenvalue weighted by atomic mass is 10.0. The van der Waals surface area contributed by atoms with Gasteiger partial charge in [-0.1, -0.05) is 25.5 Å². The summed E-state index contributed by atoms with van der Waals surface area (Å²) in [6, 6.07) is 0. The molecule has 0 saturated carbocycles. The molecule has 0 radical (unpaired) electrons. The van der Waals surface area contributed by atoms with Crippen LogP contribution in [-0.2, 0) is 19.0 Å². The standard InChI is InChI=1S/C15H24O4/c1-4-8-11-14-12(18-15(2,3)19-14)9-6-5-7-10-13(16)17-11/h6,9,11-12,14H,4-5,7-8,10H2,1-3H3/b9-6-/t11?,12-,14+/m0/s1. The molecular weight excluding hydrogens is 244 g/mol. The molecule has 2 aliphatic heterocycles. The highest BCUT2D eigenvalue weighted by atomic mass is 16.8. The first kappa shape index (κ1) is 14.5. The second kappa shape index (κ2) is 6.06. The van der Waals surface area contributed by atoms with Gasteiger partial charge in [-0.2, -0.15) is 0 Å². The summed E-state index contributed by atoms with van der Waals surface area (Å²) < 4.78 is 17.4. The Kier molecular flexibility index (Phi) is 4.63. The molecule has 0 aromatic carbocycles. The molecule has 0 spiro atoms. The summed E-state index contributed by atoms with van der Waals surface area (Å²) in [6.07, 6.45) is 7.54. The molecule has 3 atom stereocenters. The van der Waals surface area contributed by atoms with Crippen molar-refractivity contribution in [3.05, 3.63) is 12.2 Å². The first-order chi connectivity index (χ1) is 9.02. The molecule has 1 unspecified atom stereocenters. The number of carbonyl (C=O) groups excluding carboxylic acids is 1. The minimum absolute atomic E-state index is 0.124. The van der Waals surface area contributed by atoms with Crippen molar-refractivity contribution in [1.29, 1.82) is 0 Å². The van der Waals surface area contributed by atoms with Crippen LogP contribution in [0.25, 0.3) is 0 Å². The maximum atomic E-state index is 11.8. The van der Waals surface area contributed by atoms with Crippen molar-refractivity contribution in [2.24, 2.45) is 0 Å². The van der Waals surface area contributed by atoms with Crippen LogP contribution in [0.2, 0.25) is 0 Å². The van der Waals surface area contributed by atoms with Gasteiger partial charge in [0, 0.05) is 6.42 Å². The summed E-state index contributed by atoms with van der Waals surface area (Å²) >= 11 is 0. The maximum Gasteiger partial charge on any atom is 0.306 e.